The molecule has 0 atom stereocenters. The van der Waals surface area contributed by atoms with Crippen molar-refractivity contribution in [3.8, 4) is 0 Å². The molecule has 0 saturated carbocycles. The third-order valence-electron chi connectivity index (χ3n) is 2.03. The zero-order chi connectivity index (χ0) is 13.0. The Labute approximate surface area is 95.6 Å². The molecule has 3 N–H and O–H groups in total. The normalized spacial score (nSPS) is 9.53. The topological polar surface area (TPSA) is 113 Å². The fraction of sp³-hybridized carbons (Fsp3) is 0.100. The minimum absolute atomic E-state index is 0.263. The second-order valence-corrected chi connectivity index (χ2v) is 2.97. The van der Waals surface area contributed by atoms with Gasteiger partial charge in [0.2, 0.25) is 0 Å². The number of aromatic carboxylic acids is 1. The van der Waals surface area contributed by atoms with Gasteiger partial charge in [0.05, 0.1) is 23.8 Å². The van der Waals surface area contributed by atoms with Gasteiger partial charge in [0, 0.05) is 0 Å². The first kappa shape index (κ1) is 12.7. The summed E-state index contributed by atoms with van der Waals surface area (Å²) in [4.78, 5) is 33.6. The van der Waals surface area contributed by atoms with Crippen LogP contribution in [-0.4, -0.2) is 35.3 Å². The first-order chi connectivity index (χ1) is 8.02. The van der Waals surface area contributed by atoms with Gasteiger partial charge in [-0.1, -0.05) is 6.07 Å². The molecule has 0 radical (unpaired) electrons. The second kappa shape index (κ2) is 5.08. The summed E-state index contributed by atoms with van der Waals surface area (Å²) >= 11 is 0. The molecule has 7 nitrogen and oxygen atoms in total. The Morgan fingerprint density at radius 3 is 2.29 bits per heavy atom. The molecule has 1 aromatic carbocycles. The number of hydrogen-bond acceptors (Lipinski definition) is 5. The van der Waals surface area contributed by atoms with Crippen LogP contribution in [0.2, 0.25) is 0 Å². The highest BCUT2D eigenvalue weighted by molar-refractivity contribution is 6.10. The lowest BCUT2D eigenvalue weighted by Gasteiger charge is -2.08. The molecule has 90 valence electrons. The molecule has 1 rings (SSSR count). The van der Waals surface area contributed by atoms with Crippen LogP contribution < -0.4 is 5.48 Å². The first-order valence-electron chi connectivity index (χ1n) is 4.42. The molecule has 0 aliphatic rings. The number of benzene rings is 1. The number of ether oxygens (including phenoxy) is 1. The highest BCUT2D eigenvalue weighted by Gasteiger charge is 2.24. The van der Waals surface area contributed by atoms with E-state index in [2.05, 4.69) is 4.74 Å². The van der Waals surface area contributed by atoms with Crippen LogP contribution in [-0.2, 0) is 4.74 Å². The van der Waals surface area contributed by atoms with Gasteiger partial charge in [0.1, 0.15) is 0 Å². The molecule has 17 heavy (non-hydrogen) atoms. The molecule has 0 heterocycles. The van der Waals surface area contributed by atoms with Crippen LogP contribution in [0.25, 0.3) is 0 Å². The smallest absolute Gasteiger partial charge is 0.338 e. The zero-order valence-corrected chi connectivity index (χ0v) is 8.76. The van der Waals surface area contributed by atoms with Crippen molar-refractivity contribution in [3.05, 3.63) is 34.9 Å². The Hall–Kier alpha value is -2.41. The predicted octanol–water partition coefficient (Wildman–Crippen LogP) is 0.290. The van der Waals surface area contributed by atoms with Crippen molar-refractivity contribution >= 4 is 17.8 Å². The van der Waals surface area contributed by atoms with E-state index in [1.54, 1.807) is 0 Å². The van der Waals surface area contributed by atoms with Gasteiger partial charge in [-0.05, 0) is 12.1 Å². The highest BCUT2D eigenvalue weighted by Crippen LogP contribution is 2.16. The fourth-order valence-corrected chi connectivity index (χ4v) is 1.31. The number of carbonyl (C=O) groups excluding carboxylic acids is 2. The van der Waals surface area contributed by atoms with Gasteiger partial charge in [-0.15, -0.1) is 0 Å². The van der Waals surface area contributed by atoms with Crippen LogP contribution in [0.5, 0.6) is 0 Å². The Balaban J connectivity index is 3.48. The number of esters is 1. The maximum absolute atomic E-state index is 11.3. The maximum Gasteiger partial charge on any atom is 0.338 e. The average Bonchev–Trinajstić information content (AvgIpc) is 2.35. The molecule has 0 aliphatic carbocycles. The number of carboxylic acid groups (broad SMARTS) is 1. The lowest BCUT2D eigenvalue weighted by Crippen LogP contribution is -2.23. The molecule has 0 spiro atoms. The van der Waals surface area contributed by atoms with Crippen LogP contribution in [0.1, 0.15) is 31.1 Å². The number of hydrogen-bond donors (Lipinski definition) is 3. The Morgan fingerprint density at radius 1 is 1.24 bits per heavy atom. The van der Waals surface area contributed by atoms with E-state index >= 15 is 0 Å². The summed E-state index contributed by atoms with van der Waals surface area (Å²) in [5.74, 6) is -3.37. The summed E-state index contributed by atoms with van der Waals surface area (Å²) in [6, 6.07) is 3.69. The van der Waals surface area contributed by atoms with Gasteiger partial charge >= 0.3 is 11.9 Å². The number of amides is 1. The lowest BCUT2D eigenvalue weighted by atomic mass is 10.0. The lowest BCUT2D eigenvalue weighted by molar-refractivity contribution is 0.0580. The quantitative estimate of drug-likeness (QED) is 0.397. The van der Waals surface area contributed by atoms with E-state index in [4.69, 9.17) is 10.3 Å². The van der Waals surface area contributed by atoms with Crippen molar-refractivity contribution in [2.45, 2.75) is 0 Å². The molecule has 1 amide bonds. The number of carbonyl (C=O) groups is 3. The number of carboxylic acids is 1. The summed E-state index contributed by atoms with van der Waals surface area (Å²) in [6.07, 6.45) is 0. The van der Waals surface area contributed by atoms with Crippen molar-refractivity contribution in [2.24, 2.45) is 0 Å². The van der Waals surface area contributed by atoms with E-state index in [1.807, 2.05) is 0 Å². The standard InChI is InChI=1S/C10H9NO6/c1-17-10(15)6-4-2-3-5(8(12)11-16)7(6)9(13)14/h2-4,16H,1H3,(H,11,12)(H,13,14). The summed E-state index contributed by atoms with van der Waals surface area (Å²) in [6.45, 7) is 0. The summed E-state index contributed by atoms with van der Waals surface area (Å²) < 4.78 is 4.40. The van der Waals surface area contributed by atoms with Crippen molar-refractivity contribution in [1.82, 2.24) is 5.48 Å². The predicted molar refractivity (Wildman–Crippen MR) is 54.0 cm³/mol. The van der Waals surface area contributed by atoms with Crippen LogP contribution in [0.15, 0.2) is 18.2 Å². The minimum atomic E-state index is -1.47. The summed E-state index contributed by atoms with van der Waals surface area (Å²) in [5.41, 5.74) is 0.190. The van der Waals surface area contributed by atoms with Crippen molar-refractivity contribution < 1.29 is 29.4 Å². The summed E-state index contributed by atoms with van der Waals surface area (Å²) in [7, 11) is 1.09. The van der Waals surface area contributed by atoms with Crippen LogP contribution in [0, 0.1) is 0 Å². The SMILES string of the molecule is COC(=O)c1cccc(C(=O)NO)c1C(=O)O. The number of hydroxylamine groups is 1. The summed E-state index contributed by atoms with van der Waals surface area (Å²) in [5, 5.41) is 17.4. The molecule has 0 saturated heterocycles. The molecule has 0 unspecified atom stereocenters. The molecule has 0 bridgehead atoms. The fourth-order valence-electron chi connectivity index (χ4n) is 1.31. The molecule has 7 heteroatoms. The first-order valence-corrected chi connectivity index (χ1v) is 4.42. The Morgan fingerprint density at radius 2 is 1.82 bits per heavy atom. The zero-order valence-electron chi connectivity index (χ0n) is 8.76. The molecule has 1 aromatic rings. The number of nitrogens with one attached hydrogen (secondary N) is 1. The van der Waals surface area contributed by atoms with E-state index in [0.717, 1.165) is 7.11 Å². The van der Waals surface area contributed by atoms with Crippen LogP contribution in [0.3, 0.4) is 0 Å². The molecule has 0 aromatic heterocycles. The third kappa shape index (κ3) is 2.40. The number of rotatable bonds is 3. The van der Waals surface area contributed by atoms with Gasteiger partial charge < -0.3 is 9.84 Å². The van der Waals surface area contributed by atoms with Crippen molar-refractivity contribution in [3.63, 3.8) is 0 Å². The van der Waals surface area contributed by atoms with Crippen LogP contribution >= 0.6 is 0 Å². The van der Waals surface area contributed by atoms with E-state index in [9.17, 15) is 14.4 Å². The minimum Gasteiger partial charge on any atom is -0.478 e. The third-order valence-corrected chi connectivity index (χ3v) is 2.03. The molecule has 0 fully saturated rings. The van der Waals surface area contributed by atoms with Crippen molar-refractivity contribution in [2.75, 3.05) is 7.11 Å². The monoisotopic (exact) mass is 239 g/mol. The van der Waals surface area contributed by atoms with Gasteiger partial charge in [-0.25, -0.2) is 15.1 Å². The van der Waals surface area contributed by atoms with Gasteiger partial charge in [0.15, 0.2) is 0 Å². The average molecular weight is 239 g/mol. The van der Waals surface area contributed by atoms with E-state index in [0.29, 0.717) is 0 Å². The largest absolute Gasteiger partial charge is 0.478 e. The van der Waals surface area contributed by atoms with Gasteiger partial charge in [-0.3, -0.25) is 10.0 Å². The second-order valence-electron chi connectivity index (χ2n) is 2.97. The Kier molecular flexibility index (Phi) is 3.78. The van der Waals surface area contributed by atoms with E-state index in [1.165, 1.54) is 23.7 Å². The van der Waals surface area contributed by atoms with Crippen molar-refractivity contribution in [1.29, 1.82) is 0 Å². The number of methoxy groups -OCH3 is 1. The molecule has 0 aliphatic heterocycles. The van der Waals surface area contributed by atoms with Gasteiger partial charge in [-0.2, -0.15) is 0 Å². The van der Waals surface area contributed by atoms with Gasteiger partial charge in [0.25, 0.3) is 5.91 Å². The maximum atomic E-state index is 11.3. The Bertz CT molecular complexity index is 447. The highest BCUT2D eigenvalue weighted by atomic mass is 16.5. The molecular formula is C10H9NO6. The van der Waals surface area contributed by atoms with E-state index < -0.39 is 23.4 Å². The molecular weight excluding hydrogens is 230 g/mol. The van der Waals surface area contributed by atoms with E-state index in [-0.39, 0.29) is 11.1 Å². The van der Waals surface area contributed by atoms with Crippen LogP contribution in [0.4, 0.5) is 0 Å².